The van der Waals surface area contributed by atoms with E-state index in [1.807, 2.05) is 91.0 Å². The van der Waals surface area contributed by atoms with E-state index in [0.29, 0.717) is 45.0 Å². The standard InChI is InChI=1S/C38H40N2O7/c1-43-22-8-20-40-34-23-29(13-18-35(34)45-27-37(40)41)26-44-36-24-39(38(42)46-25-28-9-4-2-5-10-28)21-19-33(36)30-14-16-32(17-15-30)47-31-11-6-3-7-12-31/h2-7,9-18,23,33,36H,8,19-22,24-27H2,1H3. The molecule has 4 aromatic rings. The second-order valence-electron chi connectivity index (χ2n) is 11.7. The monoisotopic (exact) mass is 636 g/mol. The van der Waals surface area contributed by atoms with Crippen molar-refractivity contribution in [1.82, 2.24) is 4.90 Å². The highest BCUT2D eigenvalue weighted by atomic mass is 16.6. The number of amides is 2. The van der Waals surface area contributed by atoms with E-state index < -0.39 is 0 Å². The predicted octanol–water partition coefficient (Wildman–Crippen LogP) is 6.95. The highest BCUT2D eigenvalue weighted by Gasteiger charge is 2.34. The number of ether oxygens (including phenoxy) is 5. The molecule has 2 heterocycles. The Labute approximate surface area is 275 Å². The smallest absolute Gasteiger partial charge is 0.410 e. The van der Waals surface area contributed by atoms with Gasteiger partial charge in [-0.05, 0) is 65.9 Å². The van der Waals surface area contributed by atoms with E-state index in [-0.39, 0.29) is 37.2 Å². The molecule has 0 bridgehead atoms. The van der Waals surface area contributed by atoms with Crippen molar-refractivity contribution in [3.8, 4) is 17.2 Å². The molecule has 2 amide bonds. The number of nitrogens with zero attached hydrogens (tertiary/aromatic N) is 2. The van der Waals surface area contributed by atoms with Crippen LogP contribution in [0.5, 0.6) is 17.2 Å². The minimum Gasteiger partial charge on any atom is -0.482 e. The molecule has 0 saturated carbocycles. The van der Waals surface area contributed by atoms with Crippen LogP contribution >= 0.6 is 0 Å². The number of piperidine rings is 1. The van der Waals surface area contributed by atoms with Gasteiger partial charge in [-0.25, -0.2) is 4.79 Å². The highest BCUT2D eigenvalue weighted by molar-refractivity contribution is 5.97. The normalized spacial score (nSPS) is 17.5. The van der Waals surface area contributed by atoms with Crippen LogP contribution in [-0.4, -0.2) is 63.0 Å². The number of fused-ring (bicyclic) bond motifs is 1. The minimum atomic E-state index is -0.358. The number of anilines is 1. The van der Waals surface area contributed by atoms with E-state index in [1.54, 1.807) is 16.9 Å². The number of likely N-dealkylation sites (tertiary alicyclic amines) is 1. The number of hydrogen-bond acceptors (Lipinski definition) is 7. The van der Waals surface area contributed by atoms with Crippen LogP contribution in [0.3, 0.4) is 0 Å². The first-order valence-electron chi connectivity index (χ1n) is 16.0. The average Bonchev–Trinajstić information content (AvgIpc) is 3.12. The lowest BCUT2D eigenvalue weighted by molar-refractivity contribution is -0.121. The summed E-state index contributed by atoms with van der Waals surface area (Å²) in [5, 5.41) is 0. The number of carbonyl (C=O) groups is 2. The summed E-state index contributed by atoms with van der Waals surface area (Å²) in [6.45, 7) is 2.58. The van der Waals surface area contributed by atoms with Crippen molar-refractivity contribution in [1.29, 1.82) is 0 Å². The number of carbonyl (C=O) groups excluding carboxylic acids is 2. The fraction of sp³-hybridized carbons (Fsp3) is 0.316. The van der Waals surface area contributed by atoms with Crippen molar-refractivity contribution in [2.75, 3.05) is 44.9 Å². The molecule has 6 rings (SSSR count). The molecule has 0 N–H and O–H groups in total. The zero-order valence-electron chi connectivity index (χ0n) is 26.6. The lowest BCUT2D eigenvalue weighted by Gasteiger charge is -2.38. The van der Waals surface area contributed by atoms with Gasteiger partial charge in [0.25, 0.3) is 5.91 Å². The summed E-state index contributed by atoms with van der Waals surface area (Å²) >= 11 is 0. The third-order valence-electron chi connectivity index (χ3n) is 8.47. The van der Waals surface area contributed by atoms with Gasteiger partial charge in [-0.15, -0.1) is 0 Å². The molecule has 0 radical (unpaired) electrons. The van der Waals surface area contributed by atoms with Crippen LogP contribution in [0, 0.1) is 0 Å². The van der Waals surface area contributed by atoms with Crippen LogP contribution < -0.4 is 14.4 Å². The van der Waals surface area contributed by atoms with Crippen molar-refractivity contribution in [3.63, 3.8) is 0 Å². The van der Waals surface area contributed by atoms with Crippen molar-refractivity contribution in [3.05, 3.63) is 120 Å². The SMILES string of the molecule is COCCCN1C(=O)COc2ccc(COC3CN(C(=O)OCc4ccccc4)CCC3c3ccc(Oc4ccccc4)cc3)cc21. The Bertz CT molecular complexity index is 1610. The van der Waals surface area contributed by atoms with Gasteiger partial charge in [0.15, 0.2) is 6.61 Å². The summed E-state index contributed by atoms with van der Waals surface area (Å²) in [4.78, 5) is 29.4. The van der Waals surface area contributed by atoms with Gasteiger partial charge in [0.05, 0.1) is 24.9 Å². The Morgan fingerprint density at radius 3 is 2.38 bits per heavy atom. The zero-order valence-corrected chi connectivity index (χ0v) is 26.6. The molecule has 1 saturated heterocycles. The highest BCUT2D eigenvalue weighted by Crippen LogP contribution is 2.36. The van der Waals surface area contributed by atoms with Crippen molar-refractivity contribution in [2.24, 2.45) is 0 Å². The number of rotatable bonds is 12. The summed E-state index contributed by atoms with van der Waals surface area (Å²) in [7, 11) is 1.65. The second kappa shape index (κ2) is 15.6. The molecule has 0 aliphatic carbocycles. The molecule has 1 fully saturated rings. The Kier molecular flexibility index (Phi) is 10.7. The van der Waals surface area contributed by atoms with Gasteiger partial charge in [-0.1, -0.05) is 66.7 Å². The first-order valence-corrected chi connectivity index (χ1v) is 16.0. The topological polar surface area (TPSA) is 86.8 Å². The van der Waals surface area contributed by atoms with E-state index in [1.165, 1.54) is 0 Å². The van der Waals surface area contributed by atoms with E-state index in [4.69, 9.17) is 23.7 Å². The molecule has 4 aromatic carbocycles. The molecule has 0 aromatic heterocycles. The fourth-order valence-corrected chi connectivity index (χ4v) is 6.00. The van der Waals surface area contributed by atoms with Crippen LogP contribution in [0.1, 0.15) is 35.4 Å². The van der Waals surface area contributed by atoms with Gasteiger partial charge in [0.1, 0.15) is 23.9 Å². The van der Waals surface area contributed by atoms with E-state index in [2.05, 4.69) is 12.1 Å². The molecule has 47 heavy (non-hydrogen) atoms. The Morgan fingerprint density at radius 2 is 1.62 bits per heavy atom. The van der Waals surface area contributed by atoms with Crippen LogP contribution in [0.2, 0.25) is 0 Å². The van der Waals surface area contributed by atoms with E-state index in [9.17, 15) is 9.59 Å². The number of hydrogen-bond donors (Lipinski definition) is 0. The molecule has 0 spiro atoms. The fourth-order valence-electron chi connectivity index (χ4n) is 6.00. The second-order valence-corrected chi connectivity index (χ2v) is 11.7. The van der Waals surface area contributed by atoms with Gasteiger partial charge < -0.3 is 33.5 Å². The average molecular weight is 637 g/mol. The number of benzene rings is 4. The molecule has 244 valence electrons. The van der Waals surface area contributed by atoms with Gasteiger partial charge in [0.2, 0.25) is 0 Å². The third-order valence-corrected chi connectivity index (χ3v) is 8.47. The summed E-state index contributed by atoms with van der Waals surface area (Å²) < 4.78 is 29.2. The number of methoxy groups -OCH3 is 1. The minimum absolute atomic E-state index is 0.0188. The summed E-state index contributed by atoms with van der Waals surface area (Å²) in [5.41, 5.74) is 3.70. The quantitative estimate of drug-likeness (QED) is 0.156. The maximum Gasteiger partial charge on any atom is 0.410 e. The number of para-hydroxylation sites is 1. The lowest BCUT2D eigenvalue weighted by atomic mass is 9.87. The van der Waals surface area contributed by atoms with Crippen molar-refractivity contribution >= 4 is 17.7 Å². The van der Waals surface area contributed by atoms with Gasteiger partial charge in [-0.3, -0.25) is 4.79 Å². The Balaban J connectivity index is 1.17. The maximum atomic E-state index is 13.2. The van der Waals surface area contributed by atoms with Gasteiger partial charge in [-0.2, -0.15) is 0 Å². The summed E-state index contributed by atoms with van der Waals surface area (Å²) in [6, 6.07) is 33.2. The van der Waals surface area contributed by atoms with Gasteiger partial charge in [0, 0.05) is 32.7 Å². The molecule has 2 aliphatic heterocycles. The van der Waals surface area contributed by atoms with Crippen LogP contribution in [0.4, 0.5) is 10.5 Å². The third kappa shape index (κ3) is 8.30. The summed E-state index contributed by atoms with van der Waals surface area (Å²) in [6.07, 6.45) is 0.783. The van der Waals surface area contributed by atoms with Crippen molar-refractivity contribution < 1.29 is 33.3 Å². The molecular weight excluding hydrogens is 596 g/mol. The molecule has 2 aliphatic rings. The zero-order chi connectivity index (χ0) is 32.4. The van der Waals surface area contributed by atoms with Crippen LogP contribution in [0.15, 0.2) is 103 Å². The largest absolute Gasteiger partial charge is 0.482 e. The molecule has 2 unspecified atom stereocenters. The van der Waals surface area contributed by atoms with E-state index in [0.717, 1.165) is 40.3 Å². The Morgan fingerprint density at radius 1 is 0.872 bits per heavy atom. The van der Waals surface area contributed by atoms with Gasteiger partial charge >= 0.3 is 6.09 Å². The first kappa shape index (κ1) is 32.1. The summed E-state index contributed by atoms with van der Waals surface area (Å²) in [5.74, 6) is 2.17. The van der Waals surface area contributed by atoms with Crippen LogP contribution in [-0.2, 0) is 32.2 Å². The lowest BCUT2D eigenvalue weighted by Crippen LogP contribution is -2.47. The Hall–Kier alpha value is -4.86. The molecule has 2 atom stereocenters. The molecular formula is C38H40N2O7. The van der Waals surface area contributed by atoms with E-state index >= 15 is 0 Å². The molecule has 9 heteroatoms. The predicted molar refractivity (Wildman–Crippen MR) is 178 cm³/mol. The van der Waals surface area contributed by atoms with Crippen molar-refractivity contribution in [2.45, 2.75) is 38.1 Å². The first-order chi connectivity index (χ1) is 23.1. The maximum absolute atomic E-state index is 13.2. The van der Waals surface area contributed by atoms with Crippen LogP contribution in [0.25, 0.3) is 0 Å². The molecule has 9 nitrogen and oxygen atoms in total.